The van der Waals surface area contributed by atoms with E-state index >= 15 is 0 Å². The lowest BCUT2D eigenvalue weighted by Crippen LogP contribution is -2.30. The fraction of sp³-hybridized carbons (Fsp3) is 0.368. The predicted molar refractivity (Wildman–Crippen MR) is 94.5 cm³/mol. The fourth-order valence-electron chi connectivity index (χ4n) is 2.93. The Bertz CT molecular complexity index is 732. The molecule has 0 bridgehead atoms. The molecule has 0 atom stereocenters. The molecule has 7 heteroatoms. The predicted octanol–water partition coefficient (Wildman–Crippen LogP) is 3.60. The standard InChI is InChI=1S/C19H21F2N3O2/c20-19(21)26-16-6-4-5-15(11-16)18(25)23-13-14-7-8-17(22-12-14)24-9-2-1-3-10-24/h4-8,11-12,19H,1-3,9-10,13H2,(H,23,25). The number of anilines is 1. The summed E-state index contributed by atoms with van der Waals surface area (Å²) >= 11 is 0. The van der Waals surface area contributed by atoms with Gasteiger partial charge < -0.3 is 15.0 Å². The van der Waals surface area contributed by atoms with Crippen molar-refractivity contribution in [2.24, 2.45) is 0 Å². The number of carbonyl (C=O) groups is 1. The quantitative estimate of drug-likeness (QED) is 0.854. The SMILES string of the molecule is O=C(NCc1ccc(N2CCCCC2)nc1)c1cccc(OC(F)F)c1. The van der Waals surface area contributed by atoms with E-state index in [0.717, 1.165) is 24.5 Å². The van der Waals surface area contributed by atoms with Crippen LogP contribution in [0.4, 0.5) is 14.6 Å². The van der Waals surface area contributed by atoms with E-state index < -0.39 is 6.61 Å². The van der Waals surface area contributed by atoms with E-state index in [1.165, 1.54) is 37.5 Å². The molecular formula is C19H21F2N3O2. The molecule has 1 saturated heterocycles. The molecule has 2 aromatic rings. The summed E-state index contributed by atoms with van der Waals surface area (Å²) < 4.78 is 28.8. The van der Waals surface area contributed by atoms with Gasteiger partial charge in [-0.25, -0.2) is 4.98 Å². The van der Waals surface area contributed by atoms with E-state index in [9.17, 15) is 13.6 Å². The van der Waals surface area contributed by atoms with Gasteiger partial charge in [-0.3, -0.25) is 4.79 Å². The van der Waals surface area contributed by atoms with Gasteiger partial charge in [0.05, 0.1) is 0 Å². The van der Waals surface area contributed by atoms with Gasteiger partial charge >= 0.3 is 6.61 Å². The maximum Gasteiger partial charge on any atom is 0.387 e. The molecule has 1 N–H and O–H groups in total. The second-order valence-electron chi connectivity index (χ2n) is 6.16. The molecule has 0 aliphatic carbocycles. The third-order valence-corrected chi connectivity index (χ3v) is 4.26. The van der Waals surface area contributed by atoms with Gasteiger partial charge in [-0.15, -0.1) is 0 Å². The van der Waals surface area contributed by atoms with Crippen LogP contribution in [0.15, 0.2) is 42.6 Å². The van der Waals surface area contributed by atoms with Crippen LogP contribution in [0.25, 0.3) is 0 Å². The van der Waals surface area contributed by atoms with Crippen LogP contribution >= 0.6 is 0 Å². The van der Waals surface area contributed by atoms with Crippen LogP contribution in [0, 0.1) is 0 Å². The van der Waals surface area contributed by atoms with Gasteiger partial charge in [0.2, 0.25) is 0 Å². The maximum atomic E-state index is 12.3. The third kappa shape index (κ3) is 4.91. The fourth-order valence-corrected chi connectivity index (χ4v) is 2.93. The first-order valence-electron chi connectivity index (χ1n) is 8.65. The molecule has 1 amide bonds. The smallest absolute Gasteiger partial charge is 0.387 e. The molecule has 0 saturated carbocycles. The van der Waals surface area contributed by atoms with Crippen molar-refractivity contribution in [3.63, 3.8) is 0 Å². The molecule has 138 valence electrons. The van der Waals surface area contributed by atoms with E-state index in [-0.39, 0.29) is 17.2 Å². The first kappa shape index (κ1) is 18.1. The molecule has 1 aromatic carbocycles. The highest BCUT2D eigenvalue weighted by Crippen LogP contribution is 2.18. The van der Waals surface area contributed by atoms with Gasteiger partial charge in [-0.1, -0.05) is 12.1 Å². The molecular weight excluding hydrogens is 340 g/mol. The Hall–Kier alpha value is -2.70. The van der Waals surface area contributed by atoms with Crippen LogP contribution in [0.3, 0.4) is 0 Å². The number of piperidine rings is 1. The number of pyridine rings is 1. The Balaban J connectivity index is 1.55. The number of nitrogens with one attached hydrogen (secondary N) is 1. The zero-order valence-electron chi connectivity index (χ0n) is 14.3. The monoisotopic (exact) mass is 361 g/mol. The second kappa shape index (κ2) is 8.60. The van der Waals surface area contributed by atoms with E-state index in [4.69, 9.17) is 0 Å². The Kier molecular flexibility index (Phi) is 5.99. The Morgan fingerprint density at radius 2 is 2.00 bits per heavy atom. The van der Waals surface area contributed by atoms with E-state index in [0.29, 0.717) is 6.54 Å². The Morgan fingerprint density at radius 3 is 2.69 bits per heavy atom. The molecule has 0 spiro atoms. The number of halogens is 2. The van der Waals surface area contributed by atoms with E-state index in [1.54, 1.807) is 12.3 Å². The van der Waals surface area contributed by atoms with Crippen LogP contribution in [0.2, 0.25) is 0 Å². The summed E-state index contributed by atoms with van der Waals surface area (Å²) in [6.45, 7) is -0.551. The molecule has 0 unspecified atom stereocenters. The zero-order chi connectivity index (χ0) is 18.4. The van der Waals surface area contributed by atoms with Gasteiger partial charge in [0.1, 0.15) is 11.6 Å². The first-order valence-corrected chi connectivity index (χ1v) is 8.65. The summed E-state index contributed by atoms with van der Waals surface area (Å²) in [6.07, 6.45) is 5.40. The summed E-state index contributed by atoms with van der Waals surface area (Å²) in [4.78, 5) is 18.9. The van der Waals surface area contributed by atoms with Crippen molar-refractivity contribution >= 4 is 11.7 Å². The second-order valence-corrected chi connectivity index (χ2v) is 6.16. The minimum atomic E-state index is -2.92. The number of nitrogens with zero attached hydrogens (tertiary/aromatic N) is 2. The van der Waals surface area contributed by atoms with Gasteiger partial charge in [-0.05, 0) is 49.1 Å². The summed E-state index contributed by atoms with van der Waals surface area (Å²) in [5.41, 5.74) is 1.14. The van der Waals surface area contributed by atoms with E-state index in [1.807, 2.05) is 12.1 Å². The molecule has 1 aromatic heterocycles. The number of carbonyl (C=O) groups excluding carboxylic acids is 1. The molecule has 3 rings (SSSR count). The summed E-state index contributed by atoms with van der Waals surface area (Å²) in [6, 6.07) is 9.62. The lowest BCUT2D eigenvalue weighted by molar-refractivity contribution is -0.0498. The van der Waals surface area contributed by atoms with Gasteiger partial charge in [0, 0.05) is 31.4 Å². The minimum absolute atomic E-state index is 0.0415. The maximum absolute atomic E-state index is 12.3. The van der Waals surface area contributed by atoms with Crippen LogP contribution in [0.5, 0.6) is 5.75 Å². The van der Waals surface area contributed by atoms with Crippen molar-refractivity contribution in [3.8, 4) is 5.75 Å². The van der Waals surface area contributed by atoms with Crippen LogP contribution in [-0.4, -0.2) is 30.6 Å². The molecule has 26 heavy (non-hydrogen) atoms. The number of benzene rings is 1. The highest BCUT2D eigenvalue weighted by atomic mass is 19.3. The number of rotatable bonds is 6. The van der Waals surface area contributed by atoms with Gasteiger partial charge in [0.15, 0.2) is 0 Å². The molecule has 5 nitrogen and oxygen atoms in total. The molecule has 1 fully saturated rings. The van der Waals surface area contributed by atoms with Crippen LogP contribution in [0.1, 0.15) is 35.2 Å². The topological polar surface area (TPSA) is 54.5 Å². The van der Waals surface area contributed by atoms with Gasteiger partial charge in [-0.2, -0.15) is 8.78 Å². The van der Waals surface area contributed by atoms with Crippen LogP contribution < -0.4 is 15.0 Å². The number of hydrogen-bond acceptors (Lipinski definition) is 4. The largest absolute Gasteiger partial charge is 0.435 e. The highest BCUT2D eigenvalue weighted by Gasteiger charge is 2.12. The number of aromatic nitrogens is 1. The summed E-state index contributed by atoms with van der Waals surface area (Å²) in [7, 11) is 0. The molecule has 1 aliphatic heterocycles. The van der Waals surface area contributed by atoms with Crippen LogP contribution in [-0.2, 0) is 6.54 Å². The lowest BCUT2D eigenvalue weighted by atomic mass is 10.1. The lowest BCUT2D eigenvalue weighted by Gasteiger charge is -2.27. The van der Waals surface area contributed by atoms with Crippen molar-refractivity contribution in [2.75, 3.05) is 18.0 Å². The highest BCUT2D eigenvalue weighted by molar-refractivity contribution is 5.94. The first-order chi connectivity index (χ1) is 12.6. The zero-order valence-corrected chi connectivity index (χ0v) is 14.3. The van der Waals surface area contributed by atoms with Crippen molar-refractivity contribution in [3.05, 3.63) is 53.7 Å². The summed E-state index contributed by atoms with van der Waals surface area (Å²) in [5, 5.41) is 2.76. The number of ether oxygens (including phenoxy) is 1. The Morgan fingerprint density at radius 1 is 1.19 bits per heavy atom. The average Bonchev–Trinajstić information content (AvgIpc) is 2.67. The number of amides is 1. The van der Waals surface area contributed by atoms with Crippen molar-refractivity contribution < 1.29 is 18.3 Å². The number of alkyl halides is 2. The van der Waals surface area contributed by atoms with E-state index in [2.05, 4.69) is 19.9 Å². The molecule has 1 aliphatic rings. The van der Waals surface area contributed by atoms with Gasteiger partial charge in [0.25, 0.3) is 5.91 Å². The van der Waals surface area contributed by atoms with Crippen molar-refractivity contribution in [2.45, 2.75) is 32.4 Å². The summed E-state index contributed by atoms with van der Waals surface area (Å²) in [5.74, 6) is 0.557. The Labute approximate surface area is 151 Å². The normalized spacial score (nSPS) is 14.3. The molecule has 2 heterocycles. The molecule has 0 radical (unpaired) electrons. The average molecular weight is 361 g/mol. The minimum Gasteiger partial charge on any atom is -0.435 e. The number of hydrogen-bond donors (Lipinski definition) is 1. The third-order valence-electron chi connectivity index (χ3n) is 4.26. The van der Waals surface area contributed by atoms with Crippen molar-refractivity contribution in [1.29, 1.82) is 0 Å². The van der Waals surface area contributed by atoms with Crippen molar-refractivity contribution in [1.82, 2.24) is 10.3 Å².